The molecule has 0 amide bonds. The highest BCUT2D eigenvalue weighted by Gasteiger charge is 2.40. The van der Waals surface area contributed by atoms with Crippen molar-refractivity contribution in [1.82, 2.24) is 16.0 Å². The molecule has 0 unspecified atom stereocenters. The van der Waals surface area contributed by atoms with Crippen LogP contribution in [0.15, 0.2) is 0 Å². The highest BCUT2D eigenvalue weighted by Crippen LogP contribution is 2.15. The summed E-state index contributed by atoms with van der Waals surface area (Å²) in [4.78, 5) is 0. The first kappa shape index (κ1) is 20.7. The fourth-order valence-electron chi connectivity index (χ4n) is 2.96. The Morgan fingerprint density at radius 3 is 1.91 bits per heavy atom. The van der Waals surface area contributed by atoms with E-state index in [1.165, 1.54) is 0 Å². The van der Waals surface area contributed by atoms with Gasteiger partial charge in [-0.05, 0) is 13.3 Å². The van der Waals surface area contributed by atoms with Gasteiger partial charge in [-0.2, -0.15) is 0 Å². The van der Waals surface area contributed by atoms with Crippen molar-refractivity contribution < 1.29 is 30.6 Å². The Labute approximate surface area is 136 Å². The third-order valence-electron chi connectivity index (χ3n) is 4.19. The van der Waals surface area contributed by atoms with E-state index < -0.39 is 24.4 Å². The van der Waals surface area contributed by atoms with Gasteiger partial charge >= 0.3 is 0 Å². The average molecular weight is 337 g/mol. The lowest BCUT2D eigenvalue weighted by atomic mass is 10.1. The molecule has 7 atom stereocenters. The van der Waals surface area contributed by atoms with Crippen LogP contribution in [-0.2, 0) is 0 Å². The third kappa shape index (κ3) is 5.89. The van der Waals surface area contributed by atoms with E-state index in [2.05, 4.69) is 16.0 Å². The summed E-state index contributed by atoms with van der Waals surface area (Å²) < 4.78 is 0. The molecule has 2 rings (SSSR count). The van der Waals surface area contributed by atoms with E-state index in [1.54, 1.807) is 6.92 Å². The van der Waals surface area contributed by atoms with Crippen LogP contribution < -0.4 is 16.0 Å². The molecule has 2 aliphatic rings. The number of hydrogen-bond acceptors (Lipinski definition) is 9. The molecular weight excluding hydrogens is 306 g/mol. The first-order chi connectivity index (χ1) is 11.0. The Balaban J connectivity index is 0.000000816. The Hall–Kier alpha value is -0.360. The third-order valence-corrected chi connectivity index (χ3v) is 4.19. The standard InChI is InChI=1S/C12H25N3O5.C2H6O/c16-4-8-10(18)1-6(14-8)2-13-3-7-11(19)12(20)9(5-17)15-7;1-2-3/h6-20H,1-5H2;3H,2H2,1H3/t6-,7+,8+,9+,10-,11+,12+;/m0./s1. The summed E-state index contributed by atoms with van der Waals surface area (Å²) in [5.41, 5.74) is 0. The Kier molecular flexibility index (Phi) is 9.44. The van der Waals surface area contributed by atoms with E-state index in [-0.39, 0.29) is 37.9 Å². The SMILES string of the molecule is CCO.OC[C@H]1N[C@H](CNC[C@@H]2C[C@H](O)[C@@H](CO)N2)[C@@H](O)[C@@H]1O. The molecular formula is C14H31N3O6. The van der Waals surface area contributed by atoms with Gasteiger partial charge in [-0.25, -0.2) is 0 Å². The van der Waals surface area contributed by atoms with Crippen LogP contribution >= 0.6 is 0 Å². The molecule has 0 radical (unpaired) electrons. The molecule has 0 bridgehead atoms. The number of aliphatic hydroxyl groups excluding tert-OH is 6. The Morgan fingerprint density at radius 1 is 0.870 bits per heavy atom. The number of rotatable bonds is 6. The monoisotopic (exact) mass is 337 g/mol. The van der Waals surface area contributed by atoms with Crippen LogP contribution in [0.3, 0.4) is 0 Å². The van der Waals surface area contributed by atoms with Crippen LogP contribution in [0.25, 0.3) is 0 Å². The zero-order valence-electron chi connectivity index (χ0n) is 13.5. The predicted molar refractivity (Wildman–Crippen MR) is 83.9 cm³/mol. The topological polar surface area (TPSA) is 157 Å². The lowest BCUT2D eigenvalue weighted by Gasteiger charge is -2.18. The van der Waals surface area contributed by atoms with Crippen LogP contribution in [0, 0.1) is 0 Å². The van der Waals surface area contributed by atoms with Crippen molar-refractivity contribution in [2.45, 2.75) is 55.8 Å². The minimum absolute atomic E-state index is 0.0688. The van der Waals surface area contributed by atoms with Crippen LogP contribution in [-0.4, -0.2) is 106 Å². The van der Waals surface area contributed by atoms with Crippen LogP contribution in [0.4, 0.5) is 0 Å². The maximum atomic E-state index is 9.82. The predicted octanol–water partition coefficient (Wildman–Crippen LogP) is -4.29. The van der Waals surface area contributed by atoms with E-state index in [0.29, 0.717) is 19.5 Å². The van der Waals surface area contributed by atoms with Crippen molar-refractivity contribution in [3.63, 3.8) is 0 Å². The largest absolute Gasteiger partial charge is 0.397 e. The van der Waals surface area contributed by atoms with Gasteiger partial charge in [-0.3, -0.25) is 0 Å². The minimum atomic E-state index is -0.961. The smallest absolute Gasteiger partial charge is 0.0989 e. The fourth-order valence-corrected chi connectivity index (χ4v) is 2.96. The normalized spacial score (nSPS) is 40.0. The van der Waals surface area contributed by atoms with Gasteiger partial charge in [-0.1, -0.05) is 0 Å². The van der Waals surface area contributed by atoms with Crippen molar-refractivity contribution >= 4 is 0 Å². The molecule has 0 spiro atoms. The summed E-state index contributed by atoms with van der Waals surface area (Å²) in [7, 11) is 0. The molecule has 0 aromatic heterocycles. The minimum Gasteiger partial charge on any atom is -0.397 e. The van der Waals surface area contributed by atoms with Crippen molar-refractivity contribution in [1.29, 1.82) is 0 Å². The first-order valence-electron chi connectivity index (χ1n) is 8.08. The summed E-state index contributed by atoms with van der Waals surface area (Å²) in [6.07, 6.45) is -1.84. The van der Waals surface area contributed by atoms with E-state index in [0.717, 1.165) is 0 Å². The Morgan fingerprint density at radius 2 is 1.43 bits per heavy atom. The molecule has 9 nitrogen and oxygen atoms in total. The van der Waals surface area contributed by atoms with Crippen molar-refractivity contribution in [2.75, 3.05) is 32.9 Å². The summed E-state index contributed by atoms with van der Waals surface area (Å²) in [6.45, 7) is 2.67. The van der Waals surface area contributed by atoms with Gasteiger partial charge in [0, 0.05) is 31.8 Å². The quantitative estimate of drug-likeness (QED) is 0.234. The Bertz CT molecular complexity index is 325. The molecule has 0 aromatic carbocycles. The van der Waals surface area contributed by atoms with Gasteiger partial charge in [0.25, 0.3) is 0 Å². The first-order valence-corrected chi connectivity index (χ1v) is 8.08. The zero-order chi connectivity index (χ0) is 17.4. The van der Waals surface area contributed by atoms with Gasteiger partial charge in [-0.15, -0.1) is 0 Å². The maximum Gasteiger partial charge on any atom is 0.0989 e. The molecule has 2 fully saturated rings. The summed E-state index contributed by atoms with van der Waals surface area (Å²) in [6, 6.07) is -1.03. The molecule has 0 aromatic rings. The van der Waals surface area contributed by atoms with Crippen LogP contribution in [0.1, 0.15) is 13.3 Å². The van der Waals surface area contributed by atoms with E-state index in [4.69, 9.17) is 15.3 Å². The molecule has 2 saturated heterocycles. The van der Waals surface area contributed by atoms with Gasteiger partial charge in [0.2, 0.25) is 0 Å². The van der Waals surface area contributed by atoms with Gasteiger partial charge in [0.05, 0.1) is 43.6 Å². The second-order valence-corrected chi connectivity index (χ2v) is 5.97. The van der Waals surface area contributed by atoms with Gasteiger partial charge in [0.15, 0.2) is 0 Å². The highest BCUT2D eigenvalue weighted by molar-refractivity contribution is 4.99. The molecule has 138 valence electrons. The molecule has 23 heavy (non-hydrogen) atoms. The van der Waals surface area contributed by atoms with Gasteiger partial charge in [0.1, 0.15) is 0 Å². The molecule has 0 aliphatic carbocycles. The van der Waals surface area contributed by atoms with E-state index >= 15 is 0 Å². The molecule has 0 saturated carbocycles. The summed E-state index contributed by atoms with van der Waals surface area (Å²) >= 11 is 0. The molecule has 2 heterocycles. The highest BCUT2D eigenvalue weighted by atomic mass is 16.3. The van der Waals surface area contributed by atoms with Crippen molar-refractivity contribution in [3.8, 4) is 0 Å². The second kappa shape index (κ2) is 10.5. The van der Waals surface area contributed by atoms with Crippen molar-refractivity contribution in [3.05, 3.63) is 0 Å². The maximum absolute atomic E-state index is 9.82. The number of hydrogen-bond donors (Lipinski definition) is 9. The molecule has 9 heteroatoms. The fraction of sp³-hybridized carbons (Fsp3) is 1.00. The van der Waals surface area contributed by atoms with E-state index in [9.17, 15) is 15.3 Å². The summed E-state index contributed by atoms with van der Waals surface area (Å²) in [5.74, 6) is 0. The lowest BCUT2D eigenvalue weighted by Crippen LogP contribution is -2.46. The number of nitrogens with one attached hydrogen (secondary N) is 3. The lowest BCUT2D eigenvalue weighted by molar-refractivity contribution is 0.0197. The zero-order valence-corrected chi connectivity index (χ0v) is 13.5. The van der Waals surface area contributed by atoms with Gasteiger partial charge < -0.3 is 46.6 Å². The van der Waals surface area contributed by atoms with Crippen molar-refractivity contribution in [2.24, 2.45) is 0 Å². The second-order valence-electron chi connectivity index (χ2n) is 5.97. The molecule has 2 aliphatic heterocycles. The van der Waals surface area contributed by atoms with Crippen LogP contribution in [0.5, 0.6) is 0 Å². The van der Waals surface area contributed by atoms with Crippen LogP contribution in [0.2, 0.25) is 0 Å². The average Bonchev–Trinajstić information content (AvgIpc) is 3.02. The molecule has 9 N–H and O–H groups in total. The van der Waals surface area contributed by atoms with E-state index in [1.807, 2.05) is 0 Å². The summed E-state index contributed by atoms with van der Waals surface area (Å²) in [5, 5.41) is 64.0. The number of aliphatic hydroxyl groups is 6.